The maximum atomic E-state index is 10.0. The molecule has 0 aliphatic heterocycles. The van der Waals surface area contributed by atoms with Gasteiger partial charge < -0.3 is 9.84 Å². The number of hydrogen-bond donors (Lipinski definition) is 1. The molecule has 0 saturated carbocycles. The van der Waals surface area contributed by atoms with Gasteiger partial charge in [-0.3, -0.25) is 0 Å². The Bertz CT molecular complexity index is 703. The molecule has 0 aliphatic carbocycles. The molecule has 1 aromatic carbocycles. The van der Waals surface area contributed by atoms with Gasteiger partial charge in [-0.15, -0.1) is 16.4 Å². The summed E-state index contributed by atoms with van der Waals surface area (Å²) in [6.07, 6.45) is -0.569. The van der Waals surface area contributed by atoms with Crippen molar-refractivity contribution in [2.24, 2.45) is 0 Å². The lowest BCUT2D eigenvalue weighted by atomic mass is 10.3. The largest absolute Gasteiger partial charge is 0.390 e. The third-order valence-corrected chi connectivity index (χ3v) is 4.90. The molecule has 3 aromatic rings. The Morgan fingerprint density at radius 3 is 2.87 bits per heavy atom. The van der Waals surface area contributed by atoms with Crippen LogP contribution in [0, 0.1) is 0 Å². The highest BCUT2D eigenvalue weighted by molar-refractivity contribution is 7.99. The van der Waals surface area contributed by atoms with Crippen molar-refractivity contribution < 1.29 is 9.84 Å². The SMILES string of the molecule is O[C@H](COCc1cccs1)CSc1nnnn1-c1ccccc1. The zero-order valence-corrected chi connectivity index (χ0v) is 13.9. The fourth-order valence-corrected chi connectivity index (χ4v) is 3.35. The van der Waals surface area contributed by atoms with Crippen molar-refractivity contribution in [2.75, 3.05) is 12.4 Å². The van der Waals surface area contributed by atoms with Crippen LogP contribution in [0.25, 0.3) is 5.69 Å². The molecule has 23 heavy (non-hydrogen) atoms. The predicted octanol–water partition coefficient (Wildman–Crippen LogP) is 2.39. The van der Waals surface area contributed by atoms with Crippen LogP contribution in [-0.2, 0) is 11.3 Å². The Morgan fingerprint density at radius 1 is 1.22 bits per heavy atom. The molecule has 2 aromatic heterocycles. The number of aliphatic hydroxyl groups is 1. The normalized spacial score (nSPS) is 12.4. The van der Waals surface area contributed by atoms with Crippen molar-refractivity contribution in [3.63, 3.8) is 0 Å². The molecule has 120 valence electrons. The second-order valence-corrected chi connectivity index (χ2v) is 6.79. The molecule has 0 saturated heterocycles. The molecule has 0 bridgehead atoms. The first-order valence-corrected chi connectivity index (χ1v) is 8.94. The van der Waals surface area contributed by atoms with Gasteiger partial charge in [-0.05, 0) is 34.0 Å². The van der Waals surface area contributed by atoms with Crippen LogP contribution in [0.2, 0.25) is 0 Å². The fourth-order valence-electron chi connectivity index (χ4n) is 1.91. The summed E-state index contributed by atoms with van der Waals surface area (Å²) in [7, 11) is 0. The van der Waals surface area contributed by atoms with Gasteiger partial charge in [0.15, 0.2) is 0 Å². The van der Waals surface area contributed by atoms with Crippen LogP contribution in [0.5, 0.6) is 0 Å². The fraction of sp³-hybridized carbons (Fsp3) is 0.267. The summed E-state index contributed by atoms with van der Waals surface area (Å²) in [5.74, 6) is 0.470. The van der Waals surface area contributed by atoms with Crippen molar-refractivity contribution >= 4 is 23.1 Å². The average Bonchev–Trinajstić information content (AvgIpc) is 3.25. The van der Waals surface area contributed by atoms with Gasteiger partial charge >= 0.3 is 0 Å². The van der Waals surface area contributed by atoms with Gasteiger partial charge in [0.05, 0.1) is 25.0 Å². The molecule has 0 fully saturated rings. The molecule has 0 amide bonds. The van der Waals surface area contributed by atoms with E-state index in [-0.39, 0.29) is 6.61 Å². The zero-order chi connectivity index (χ0) is 15.9. The van der Waals surface area contributed by atoms with E-state index in [1.54, 1.807) is 16.0 Å². The number of tetrazole rings is 1. The van der Waals surface area contributed by atoms with Crippen LogP contribution >= 0.6 is 23.1 Å². The van der Waals surface area contributed by atoms with Crippen LogP contribution in [0.15, 0.2) is 53.0 Å². The van der Waals surface area contributed by atoms with Crippen LogP contribution in [0.4, 0.5) is 0 Å². The predicted molar refractivity (Wildman–Crippen MR) is 89.9 cm³/mol. The minimum absolute atomic E-state index is 0.289. The molecular formula is C15H16N4O2S2. The number of para-hydroxylation sites is 1. The van der Waals surface area contributed by atoms with Gasteiger partial charge in [0.2, 0.25) is 5.16 Å². The summed E-state index contributed by atoms with van der Waals surface area (Å²) in [4.78, 5) is 1.15. The standard InChI is InChI=1S/C15H16N4O2S2/c20-13(9-21-10-14-7-4-8-22-14)11-23-15-16-17-18-19(15)12-5-2-1-3-6-12/h1-8,13,20H,9-11H2/t13-/m1/s1. The number of hydrogen-bond acceptors (Lipinski definition) is 7. The Morgan fingerprint density at radius 2 is 2.09 bits per heavy atom. The van der Waals surface area contributed by atoms with E-state index in [4.69, 9.17) is 4.74 Å². The monoisotopic (exact) mass is 348 g/mol. The zero-order valence-electron chi connectivity index (χ0n) is 12.3. The lowest BCUT2D eigenvalue weighted by molar-refractivity contribution is 0.0409. The summed E-state index contributed by atoms with van der Waals surface area (Å²) >= 11 is 3.05. The Hall–Kier alpha value is -1.74. The highest BCUT2D eigenvalue weighted by Gasteiger charge is 2.12. The Labute approximate surface area is 142 Å². The first-order chi connectivity index (χ1) is 11.3. The molecule has 1 atom stereocenters. The van der Waals surface area contributed by atoms with Crippen molar-refractivity contribution in [2.45, 2.75) is 17.9 Å². The summed E-state index contributed by atoms with van der Waals surface area (Å²) in [6, 6.07) is 13.7. The van der Waals surface area contributed by atoms with Gasteiger partial charge in [-0.25, -0.2) is 0 Å². The molecule has 0 aliphatic rings. The maximum Gasteiger partial charge on any atom is 0.214 e. The third kappa shape index (κ3) is 4.61. The second-order valence-electron chi connectivity index (χ2n) is 4.77. The topological polar surface area (TPSA) is 73.1 Å². The van der Waals surface area contributed by atoms with Crippen LogP contribution in [-0.4, -0.2) is 43.8 Å². The smallest absolute Gasteiger partial charge is 0.214 e. The number of thioether (sulfide) groups is 1. The number of aliphatic hydroxyl groups excluding tert-OH is 1. The van der Waals surface area contributed by atoms with Gasteiger partial charge in [0, 0.05) is 10.6 Å². The van der Waals surface area contributed by atoms with E-state index in [0.717, 1.165) is 10.6 Å². The van der Waals surface area contributed by atoms with Gasteiger partial charge in [0.1, 0.15) is 0 Å². The van der Waals surface area contributed by atoms with Gasteiger partial charge in [0.25, 0.3) is 0 Å². The van der Waals surface area contributed by atoms with Gasteiger partial charge in [-0.1, -0.05) is 36.0 Å². The first-order valence-electron chi connectivity index (χ1n) is 7.08. The molecule has 6 nitrogen and oxygen atoms in total. The minimum Gasteiger partial charge on any atom is -0.390 e. The second kappa shape index (κ2) is 8.21. The Balaban J connectivity index is 1.48. The van der Waals surface area contributed by atoms with Crippen LogP contribution < -0.4 is 0 Å². The lowest BCUT2D eigenvalue weighted by Crippen LogP contribution is -2.18. The van der Waals surface area contributed by atoms with E-state index in [1.807, 2.05) is 47.8 Å². The molecule has 2 heterocycles. The van der Waals surface area contributed by atoms with E-state index in [1.165, 1.54) is 11.8 Å². The minimum atomic E-state index is -0.569. The van der Waals surface area contributed by atoms with Crippen LogP contribution in [0.1, 0.15) is 4.88 Å². The highest BCUT2D eigenvalue weighted by atomic mass is 32.2. The quantitative estimate of drug-likeness (QED) is 0.630. The van der Waals surface area contributed by atoms with E-state index < -0.39 is 6.10 Å². The van der Waals surface area contributed by atoms with E-state index in [2.05, 4.69) is 15.5 Å². The highest BCUT2D eigenvalue weighted by Crippen LogP contribution is 2.19. The molecule has 0 spiro atoms. The summed E-state index contributed by atoms with van der Waals surface area (Å²) in [6.45, 7) is 0.818. The number of thiophene rings is 1. The molecule has 3 rings (SSSR count). The average molecular weight is 348 g/mol. The molecular weight excluding hydrogens is 332 g/mol. The summed E-state index contributed by atoms with van der Waals surface area (Å²) in [5, 5.41) is 24.4. The lowest BCUT2D eigenvalue weighted by Gasteiger charge is -2.10. The number of benzene rings is 1. The molecule has 0 radical (unpaired) electrons. The van der Waals surface area contributed by atoms with Crippen molar-refractivity contribution in [1.29, 1.82) is 0 Å². The first kappa shape index (κ1) is 16.1. The van der Waals surface area contributed by atoms with E-state index >= 15 is 0 Å². The van der Waals surface area contributed by atoms with Crippen molar-refractivity contribution in [1.82, 2.24) is 20.2 Å². The summed E-state index contributed by atoms with van der Waals surface area (Å²) in [5.41, 5.74) is 0.892. The third-order valence-electron chi connectivity index (χ3n) is 2.98. The van der Waals surface area contributed by atoms with E-state index in [9.17, 15) is 5.11 Å². The number of nitrogens with zero attached hydrogens (tertiary/aromatic N) is 4. The van der Waals surface area contributed by atoms with Crippen LogP contribution in [0.3, 0.4) is 0 Å². The maximum absolute atomic E-state index is 10.0. The van der Waals surface area contributed by atoms with Gasteiger partial charge in [-0.2, -0.15) is 4.68 Å². The number of ether oxygens (including phenoxy) is 1. The van der Waals surface area contributed by atoms with E-state index in [0.29, 0.717) is 17.5 Å². The number of rotatable bonds is 8. The molecule has 8 heteroatoms. The van der Waals surface area contributed by atoms with Crippen molar-refractivity contribution in [3.05, 3.63) is 52.7 Å². The Kier molecular flexibility index (Phi) is 5.76. The van der Waals surface area contributed by atoms with Crippen molar-refractivity contribution in [3.8, 4) is 5.69 Å². The molecule has 0 unspecified atom stereocenters. The number of aromatic nitrogens is 4. The summed E-state index contributed by atoms with van der Waals surface area (Å²) < 4.78 is 7.17. The molecule has 1 N–H and O–H groups in total.